The summed E-state index contributed by atoms with van der Waals surface area (Å²) in [6, 6.07) is 0. The second-order valence-corrected chi connectivity index (χ2v) is 6.94. The maximum Gasteiger partial charge on any atom is 0.226 e. The van der Waals surface area contributed by atoms with Crippen molar-refractivity contribution in [3.05, 3.63) is 0 Å². The van der Waals surface area contributed by atoms with E-state index >= 15 is 0 Å². The maximum atomic E-state index is 12.9. The maximum absolute atomic E-state index is 12.9. The van der Waals surface area contributed by atoms with Crippen molar-refractivity contribution in [2.45, 2.75) is 19.8 Å². The van der Waals surface area contributed by atoms with Crippen LogP contribution in [-0.2, 0) is 9.59 Å². The van der Waals surface area contributed by atoms with Gasteiger partial charge in [-0.3, -0.25) is 9.59 Å². The molecule has 3 aliphatic rings. The standard InChI is InChI=1S/C16H28N4O2.ClH/c1-12-10-13(15(21)19-6-2-17-3-7-19)14(11-12)16(22)20-8-4-18-5-9-20;/h12-14,17-18H,2-11H2,1H3;1H. The third-order valence-corrected chi connectivity index (χ3v) is 5.29. The highest BCUT2D eigenvalue weighted by Crippen LogP contribution is 2.38. The lowest BCUT2D eigenvalue weighted by atomic mass is 9.92. The summed E-state index contributed by atoms with van der Waals surface area (Å²) >= 11 is 0. The fourth-order valence-electron chi connectivity index (χ4n) is 4.08. The first kappa shape index (κ1) is 18.5. The molecule has 1 aliphatic carbocycles. The first-order valence-corrected chi connectivity index (χ1v) is 8.66. The van der Waals surface area contributed by atoms with E-state index in [9.17, 15) is 9.59 Å². The zero-order chi connectivity index (χ0) is 15.5. The SMILES string of the molecule is CC1CC(C(=O)N2CCNCC2)C(C(=O)N2CCNCC2)C1.Cl. The number of rotatable bonds is 2. The molecule has 132 valence electrons. The van der Waals surface area contributed by atoms with Gasteiger partial charge in [-0.05, 0) is 18.8 Å². The monoisotopic (exact) mass is 344 g/mol. The van der Waals surface area contributed by atoms with Crippen molar-refractivity contribution in [1.82, 2.24) is 20.4 Å². The van der Waals surface area contributed by atoms with Crippen molar-refractivity contribution in [1.29, 1.82) is 0 Å². The smallest absolute Gasteiger partial charge is 0.226 e. The van der Waals surface area contributed by atoms with E-state index in [1.54, 1.807) is 0 Å². The highest BCUT2D eigenvalue weighted by Gasteiger charge is 2.44. The van der Waals surface area contributed by atoms with Gasteiger partial charge in [0, 0.05) is 64.2 Å². The van der Waals surface area contributed by atoms with Crippen molar-refractivity contribution >= 4 is 24.2 Å². The van der Waals surface area contributed by atoms with Gasteiger partial charge >= 0.3 is 0 Å². The average molecular weight is 345 g/mol. The molecule has 2 N–H and O–H groups in total. The van der Waals surface area contributed by atoms with E-state index in [1.807, 2.05) is 9.80 Å². The molecule has 2 aliphatic heterocycles. The van der Waals surface area contributed by atoms with Gasteiger partial charge in [0.25, 0.3) is 0 Å². The minimum atomic E-state index is -0.101. The molecular weight excluding hydrogens is 316 g/mol. The van der Waals surface area contributed by atoms with Gasteiger partial charge in [-0.15, -0.1) is 12.4 Å². The number of carbonyl (C=O) groups excluding carboxylic acids is 2. The number of halogens is 1. The quantitative estimate of drug-likeness (QED) is 0.736. The van der Waals surface area contributed by atoms with Crippen molar-refractivity contribution in [2.75, 3.05) is 52.4 Å². The predicted octanol–water partition coefficient (Wildman–Crippen LogP) is -0.0659. The van der Waals surface area contributed by atoms with Crippen molar-refractivity contribution in [3.8, 4) is 0 Å². The van der Waals surface area contributed by atoms with Crippen LogP contribution >= 0.6 is 12.4 Å². The number of amides is 2. The van der Waals surface area contributed by atoms with Crippen molar-refractivity contribution < 1.29 is 9.59 Å². The van der Waals surface area contributed by atoms with Crippen LogP contribution in [0.1, 0.15) is 19.8 Å². The molecule has 23 heavy (non-hydrogen) atoms. The Kier molecular flexibility index (Phi) is 6.68. The zero-order valence-corrected chi connectivity index (χ0v) is 14.7. The molecule has 2 saturated heterocycles. The van der Waals surface area contributed by atoms with Crippen molar-refractivity contribution in [2.24, 2.45) is 17.8 Å². The summed E-state index contributed by atoms with van der Waals surface area (Å²) in [5.74, 6) is 0.679. The van der Waals surface area contributed by atoms with Gasteiger partial charge in [0.1, 0.15) is 0 Å². The third kappa shape index (κ3) is 4.17. The number of hydrogen-bond acceptors (Lipinski definition) is 4. The summed E-state index contributed by atoms with van der Waals surface area (Å²) < 4.78 is 0. The number of piperazine rings is 2. The Morgan fingerprint density at radius 1 is 0.783 bits per heavy atom. The molecule has 0 aromatic carbocycles. The highest BCUT2D eigenvalue weighted by atomic mass is 35.5. The lowest BCUT2D eigenvalue weighted by Gasteiger charge is -2.34. The number of hydrogen-bond donors (Lipinski definition) is 2. The molecule has 0 radical (unpaired) electrons. The summed E-state index contributed by atoms with van der Waals surface area (Å²) in [7, 11) is 0. The second-order valence-electron chi connectivity index (χ2n) is 6.94. The molecule has 3 fully saturated rings. The van der Waals surface area contributed by atoms with Gasteiger partial charge < -0.3 is 20.4 Å². The topological polar surface area (TPSA) is 64.7 Å². The average Bonchev–Trinajstić information content (AvgIpc) is 2.97. The number of carbonyl (C=O) groups is 2. The molecule has 6 nitrogen and oxygen atoms in total. The van der Waals surface area contributed by atoms with E-state index in [4.69, 9.17) is 0 Å². The van der Waals surface area contributed by atoms with Crippen LogP contribution in [0.4, 0.5) is 0 Å². The largest absolute Gasteiger partial charge is 0.340 e. The Morgan fingerprint density at radius 3 is 1.48 bits per heavy atom. The molecule has 7 heteroatoms. The van der Waals surface area contributed by atoms with Gasteiger partial charge in [-0.1, -0.05) is 6.92 Å². The molecule has 0 aromatic heterocycles. The fraction of sp³-hybridized carbons (Fsp3) is 0.875. The Morgan fingerprint density at radius 2 is 1.13 bits per heavy atom. The van der Waals surface area contributed by atoms with Crippen LogP contribution in [-0.4, -0.2) is 74.0 Å². The molecule has 1 saturated carbocycles. The molecule has 2 heterocycles. The summed E-state index contributed by atoms with van der Waals surface area (Å²) in [5, 5.41) is 6.56. The minimum absolute atomic E-state index is 0. The molecule has 0 bridgehead atoms. The molecule has 2 amide bonds. The Hall–Kier alpha value is -0.850. The van der Waals surface area contributed by atoms with Crippen LogP contribution in [0.2, 0.25) is 0 Å². The summed E-state index contributed by atoms with van der Waals surface area (Å²) in [5.41, 5.74) is 0. The van der Waals surface area contributed by atoms with E-state index in [2.05, 4.69) is 17.6 Å². The van der Waals surface area contributed by atoms with Crippen LogP contribution in [0, 0.1) is 17.8 Å². The third-order valence-electron chi connectivity index (χ3n) is 5.29. The lowest BCUT2D eigenvalue weighted by Crippen LogP contribution is -2.52. The zero-order valence-electron chi connectivity index (χ0n) is 13.9. The molecule has 2 unspecified atom stereocenters. The van der Waals surface area contributed by atoms with E-state index in [-0.39, 0.29) is 36.1 Å². The van der Waals surface area contributed by atoms with Crippen LogP contribution in [0.3, 0.4) is 0 Å². The van der Waals surface area contributed by atoms with E-state index in [0.717, 1.165) is 65.2 Å². The molecule has 0 spiro atoms. The molecule has 3 rings (SSSR count). The number of nitrogens with one attached hydrogen (secondary N) is 2. The molecular formula is C16H29ClN4O2. The van der Waals surface area contributed by atoms with Crippen LogP contribution < -0.4 is 10.6 Å². The molecule has 2 atom stereocenters. The van der Waals surface area contributed by atoms with E-state index in [1.165, 1.54) is 0 Å². The van der Waals surface area contributed by atoms with Crippen LogP contribution in [0.15, 0.2) is 0 Å². The predicted molar refractivity (Wildman–Crippen MR) is 91.5 cm³/mol. The van der Waals surface area contributed by atoms with Crippen LogP contribution in [0.5, 0.6) is 0 Å². The molecule has 0 aromatic rings. The Labute approximate surface area is 144 Å². The second kappa shape index (κ2) is 8.31. The van der Waals surface area contributed by atoms with Gasteiger partial charge in [0.05, 0.1) is 0 Å². The van der Waals surface area contributed by atoms with Crippen molar-refractivity contribution in [3.63, 3.8) is 0 Å². The summed E-state index contributed by atoms with van der Waals surface area (Å²) in [6.07, 6.45) is 1.73. The number of nitrogens with zero attached hydrogens (tertiary/aromatic N) is 2. The first-order chi connectivity index (χ1) is 10.7. The van der Waals surface area contributed by atoms with E-state index in [0.29, 0.717) is 5.92 Å². The van der Waals surface area contributed by atoms with E-state index < -0.39 is 0 Å². The Bertz CT molecular complexity index is 384. The minimum Gasteiger partial charge on any atom is -0.340 e. The summed E-state index contributed by atoms with van der Waals surface area (Å²) in [6.45, 7) is 8.74. The van der Waals surface area contributed by atoms with Gasteiger partial charge in [-0.2, -0.15) is 0 Å². The van der Waals surface area contributed by atoms with Gasteiger partial charge in [0.2, 0.25) is 11.8 Å². The highest BCUT2D eigenvalue weighted by molar-refractivity contribution is 5.88. The summed E-state index contributed by atoms with van der Waals surface area (Å²) in [4.78, 5) is 29.6. The first-order valence-electron chi connectivity index (χ1n) is 8.66. The lowest BCUT2D eigenvalue weighted by molar-refractivity contribution is -0.145. The van der Waals surface area contributed by atoms with Crippen LogP contribution in [0.25, 0.3) is 0 Å². The van der Waals surface area contributed by atoms with Gasteiger partial charge in [-0.25, -0.2) is 0 Å². The Balaban J connectivity index is 0.00000192. The normalized spacial score (nSPS) is 31.6. The fourth-order valence-corrected chi connectivity index (χ4v) is 4.08. The van der Waals surface area contributed by atoms with Gasteiger partial charge in [0.15, 0.2) is 0 Å².